The maximum atomic E-state index is 12.6. The third-order valence-electron chi connectivity index (χ3n) is 3.96. The number of halogens is 1. The van der Waals surface area contributed by atoms with Gasteiger partial charge in [0, 0.05) is 18.3 Å². The van der Waals surface area contributed by atoms with Gasteiger partial charge in [0.05, 0.1) is 9.80 Å². The van der Waals surface area contributed by atoms with Crippen molar-refractivity contribution in [3.63, 3.8) is 0 Å². The number of likely N-dealkylation sites (tertiary alicyclic amines) is 1. The Morgan fingerprint density at radius 1 is 1.36 bits per heavy atom. The first-order valence-electron chi connectivity index (χ1n) is 7.56. The van der Waals surface area contributed by atoms with Crippen LogP contribution in [0.3, 0.4) is 0 Å². The molecule has 1 saturated heterocycles. The second kappa shape index (κ2) is 7.20. The number of thiophene rings is 1. The lowest BCUT2D eigenvalue weighted by Crippen LogP contribution is -2.42. The van der Waals surface area contributed by atoms with Crippen molar-refractivity contribution in [2.45, 2.75) is 18.9 Å². The first-order chi connectivity index (χ1) is 12.0. The maximum absolute atomic E-state index is 12.6. The Balaban J connectivity index is 1.75. The zero-order valence-corrected chi connectivity index (χ0v) is 14.5. The minimum Gasteiger partial charge on any atom is -0.326 e. The second-order valence-corrected chi connectivity index (χ2v) is 6.90. The summed E-state index contributed by atoms with van der Waals surface area (Å²) >= 11 is 7.10. The average molecular weight is 380 g/mol. The maximum Gasteiger partial charge on any atom is 0.289 e. The molecule has 7 nitrogen and oxygen atoms in total. The molecule has 0 bridgehead atoms. The normalized spacial score (nSPS) is 16.7. The van der Waals surface area contributed by atoms with Crippen molar-refractivity contribution < 1.29 is 14.5 Å². The van der Waals surface area contributed by atoms with Gasteiger partial charge >= 0.3 is 0 Å². The molecule has 25 heavy (non-hydrogen) atoms. The van der Waals surface area contributed by atoms with Crippen LogP contribution in [0.5, 0.6) is 0 Å². The fourth-order valence-corrected chi connectivity index (χ4v) is 3.65. The number of nitro groups is 1. The van der Waals surface area contributed by atoms with E-state index in [0.717, 1.165) is 6.42 Å². The summed E-state index contributed by atoms with van der Waals surface area (Å²) in [7, 11) is 0. The summed E-state index contributed by atoms with van der Waals surface area (Å²) in [6.07, 6.45) is 1.29. The lowest BCUT2D eigenvalue weighted by molar-refractivity contribution is -0.384. The Hall–Kier alpha value is -2.45. The molecule has 0 aliphatic carbocycles. The highest BCUT2D eigenvalue weighted by Gasteiger charge is 2.35. The monoisotopic (exact) mass is 379 g/mol. The van der Waals surface area contributed by atoms with Crippen molar-refractivity contribution in [2.75, 3.05) is 11.9 Å². The van der Waals surface area contributed by atoms with Crippen molar-refractivity contribution in [3.05, 3.63) is 55.7 Å². The largest absolute Gasteiger partial charge is 0.326 e. The molecule has 1 N–H and O–H groups in total. The van der Waals surface area contributed by atoms with Crippen molar-refractivity contribution >= 4 is 46.1 Å². The first kappa shape index (κ1) is 17.4. The molecule has 0 saturated carbocycles. The van der Waals surface area contributed by atoms with Crippen molar-refractivity contribution in [1.29, 1.82) is 0 Å². The van der Waals surface area contributed by atoms with Crippen LogP contribution >= 0.6 is 22.9 Å². The quantitative estimate of drug-likeness (QED) is 0.649. The number of carbonyl (C=O) groups excluding carboxylic acids is 2. The third kappa shape index (κ3) is 3.64. The molecule has 1 fully saturated rings. The third-order valence-corrected chi connectivity index (χ3v) is 5.14. The van der Waals surface area contributed by atoms with Crippen LogP contribution in [0.2, 0.25) is 5.02 Å². The van der Waals surface area contributed by atoms with E-state index in [1.807, 2.05) is 5.38 Å². The standard InChI is InChI=1S/C16H14ClN3O4S/c17-11-6-5-10(9-13(11)20(23)24)18-15(21)12-3-1-7-19(12)16(22)14-4-2-8-25-14/h2,4-6,8-9,12H,1,3,7H2,(H,18,21). The lowest BCUT2D eigenvalue weighted by Gasteiger charge is -2.23. The van der Waals surface area contributed by atoms with Gasteiger partial charge in [-0.3, -0.25) is 19.7 Å². The number of anilines is 1. The minimum absolute atomic E-state index is 0.00151. The first-order valence-corrected chi connectivity index (χ1v) is 8.82. The summed E-state index contributed by atoms with van der Waals surface area (Å²) in [6.45, 7) is 0.510. The fraction of sp³-hybridized carbons (Fsp3) is 0.250. The predicted molar refractivity (Wildman–Crippen MR) is 95.1 cm³/mol. The molecule has 0 radical (unpaired) electrons. The van der Waals surface area contributed by atoms with Crippen LogP contribution in [0.4, 0.5) is 11.4 Å². The molecule has 1 aromatic carbocycles. The van der Waals surface area contributed by atoms with Gasteiger partial charge in [-0.2, -0.15) is 0 Å². The highest BCUT2D eigenvalue weighted by molar-refractivity contribution is 7.12. The van der Waals surface area contributed by atoms with Gasteiger partial charge in [-0.25, -0.2) is 0 Å². The predicted octanol–water partition coefficient (Wildman–Crippen LogP) is 3.55. The fourth-order valence-electron chi connectivity index (χ4n) is 2.78. The number of nitrogens with one attached hydrogen (secondary N) is 1. The van der Waals surface area contributed by atoms with Gasteiger partial charge in [0.2, 0.25) is 5.91 Å². The van der Waals surface area contributed by atoms with Gasteiger partial charge < -0.3 is 10.2 Å². The molecule has 1 atom stereocenters. The summed E-state index contributed by atoms with van der Waals surface area (Å²) in [4.78, 5) is 37.5. The summed E-state index contributed by atoms with van der Waals surface area (Å²) in [5.41, 5.74) is -0.00562. The highest BCUT2D eigenvalue weighted by Crippen LogP contribution is 2.28. The number of amides is 2. The Morgan fingerprint density at radius 2 is 2.16 bits per heavy atom. The summed E-state index contributed by atoms with van der Waals surface area (Å²) in [6, 6.07) is 6.98. The number of benzene rings is 1. The van der Waals surface area contributed by atoms with E-state index in [1.165, 1.54) is 29.5 Å². The van der Waals surface area contributed by atoms with Crippen molar-refractivity contribution in [3.8, 4) is 0 Å². The highest BCUT2D eigenvalue weighted by atomic mass is 35.5. The van der Waals surface area contributed by atoms with Crippen molar-refractivity contribution in [2.24, 2.45) is 0 Å². The zero-order valence-electron chi connectivity index (χ0n) is 13.0. The molecule has 1 unspecified atom stereocenters. The second-order valence-electron chi connectivity index (χ2n) is 5.55. The molecule has 2 heterocycles. The van der Waals surface area contributed by atoms with Crippen LogP contribution in [0, 0.1) is 10.1 Å². The summed E-state index contributed by atoms with van der Waals surface area (Å²) in [5, 5.41) is 15.4. The Labute approximate surface area is 152 Å². The van der Waals surface area contributed by atoms with E-state index < -0.39 is 11.0 Å². The molecule has 1 aliphatic heterocycles. The number of carbonyl (C=O) groups is 2. The SMILES string of the molecule is O=C(Nc1ccc(Cl)c([N+](=O)[O-])c1)C1CCCN1C(=O)c1cccs1. The number of hydrogen-bond donors (Lipinski definition) is 1. The van der Waals surface area contributed by atoms with Gasteiger partial charge in [-0.15, -0.1) is 11.3 Å². The summed E-state index contributed by atoms with van der Waals surface area (Å²) < 4.78 is 0. The van der Waals surface area contributed by atoms with Crippen LogP contribution in [0.15, 0.2) is 35.7 Å². The number of rotatable bonds is 4. The van der Waals surface area contributed by atoms with E-state index in [0.29, 0.717) is 17.8 Å². The molecule has 2 amide bonds. The van der Waals surface area contributed by atoms with Crippen LogP contribution < -0.4 is 5.32 Å². The van der Waals surface area contributed by atoms with Crippen molar-refractivity contribution in [1.82, 2.24) is 4.90 Å². The topological polar surface area (TPSA) is 92.5 Å². The van der Waals surface area contributed by atoms with E-state index in [-0.39, 0.29) is 28.2 Å². The Bertz CT molecular complexity index is 825. The molecule has 1 aromatic heterocycles. The number of nitrogens with zero attached hydrogens (tertiary/aromatic N) is 2. The molecule has 130 valence electrons. The van der Waals surface area contributed by atoms with Gasteiger partial charge in [0.25, 0.3) is 11.6 Å². The van der Waals surface area contributed by atoms with E-state index in [4.69, 9.17) is 11.6 Å². The van der Waals surface area contributed by atoms with E-state index in [2.05, 4.69) is 5.32 Å². The van der Waals surface area contributed by atoms with Gasteiger partial charge in [-0.1, -0.05) is 17.7 Å². The summed E-state index contributed by atoms with van der Waals surface area (Å²) in [5.74, 6) is -0.534. The molecule has 2 aromatic rings. The average Bonchev–Trinajstić information content (AvgIpc) is 3.27. The minimum atomic E-state index is -0.611. The van der Waals surface area contributed by atoms with Crippen LogP contribution in [-0.4, -0.2) is 34.2 Å². The Kier molecular flexibility index (Phi) is 5.00. The van der Waals surface area contributed by atoms with Crippen LogP contribution in [-0.2, 0) is 4.79 Å². The van der Waals surface area contributed by atoms with Gasteiger partial charge in [0.1, 0.15) is 11.1 Å². The lowest BCUT2D eigenvalue weighted by atomic mass is 10.2. The molecular formula is C16H14ClN3O4S. The van der Waals surface area contributed by atoms with Gasteiger partial charge in [0.15, 0.2) is 0 Å². The van der Waals surface area contributed by atoms with E-state index >= 15 is 0 Å². The smallest absolute Gasteiger partial charge is 0.289 e. The number of hydrogen-bond acceptors (Lipinski definition) is 5. The molecule has 1 aliphatic rings. The van der Waals surface area contributed by atoms with Crippen LogP contribution in [0.1, 0.15) is 22.5 Å². The number of nitro benzene ring substituents is 1. The van der Waals surface area contributed by atoms with Crippen LogP contribution in [0.25, 0.3) is 0 Å². The zero-order chi connectivity index (χ0) is 18.0. The van der Waals surface area contributed by atoms with Gasteiger partial charge in [-0.05, 0) is 36.4 Å². The molecule has 3 rings (SSSR count). The Morgan fingerprint density at radius 3 is 2.84 bits per heavy atom. The molecule has 0 spiro atoms. The molecular weight excluding hydrogens is 366 g/mol. The molecule has 9 heteroatoms. The van der Waals surface area contributed by atoms with E-state index in [9.17, 15) is 19.7 Å². The van der Waals surface area contributed by atoms with E-state index in [1.54, 1.807) is 17.0 Å².